The van der Waals surface area contributed by atoms with Crippen molar-refractivity contribution in [2.75, 3.05) is 6.54 Å². The van der Waals surface area contributed by atoms with Gasteiger partial charge in [0.1, 0.15) is 11.6 Å². The zero-order valence-corrected chi connectivity index (χ0v) is 12.5. The summed E-state index contributed by atoms with van der Waals surface area (Å²) in [5.41, 5.74) is 1.33. The van der Waals surface area contributed by atoms with E-state index in [4.69, 9.17) is 16.3 Å². The summed E-state index contributed by atoms with van der Waals surface area (Å²) in [6.07, 6.45) is 4.51. The normalized spacial score (nSPS) is 10.6. The standard InChI is InChI=1S/C16H15ClN2O3/c17-14-9-13(10-19-15(14)20)7-4-8-18-16(21)22-11-12-5-2-1-3-6-12/h1-7,9-10H,8,11H2,(H,18,21)(H,19,20). The average molecular weight is 319 g/mol. The summed E-state index contributed by atoms with van der Waals surface area (Å²) in [5.74, 6) is 0. The van der Waals surface area contributed by atoms with Crippen LogP contribution in [-0.2, 0) is 11.3 Å². The van der Waals surface area contributed by atoms with E-state index in [1.165, 1.54) is 0 Å². The van der Waals surface area contributed by atoms with Gasteiger partial charge in [-0.2, -0.15) is 0 Å². The Labute approximate surface area is 132 Å². The van der Waals surface area contributed by atoms with Crippen LogP contribution in [0.4, 0.5) is 4.79 Å². The number of ether oxygens (including phenoxy) is 1. The van der Waals surface area contributed by atoms with E-state index in [9.17, 15) is 9.59 Å². The summed E-state index contributed by atoms with van der Waals surface area (Å²) >= 11 is 5.71. The van der Waals surface area contributed by atoms with Crippen molar-refractivity contribution in [3.8, 4) is 0 Å². The van der Waals surface area contributed by atoms with Gasteiger partial charge in [0.05, 0.1) is 0 Å². The number of pyridine rings is 1. The number of hydrogen-bond donors (Lipinski definition) is 2. The van der Waals surface area contributed by atoms with E-state index in [0.717, 1.165) is 11.1 Å². The highest BCUT2D eigenvalue weighted by atomic mass is 35.5. The van der Waals surface area contributed by atoms with Gasteiger partial charge >= 0.3 is 6.09 Å². The van der Waals surface area contributed by atoms with Crippen LogP contribution in [0.2, 0.25) is 5.02 Å². The molecule has 0 aliphatic heterocycles. The quantitative estimate of drug-likeness (QED) is 0.890. The van der Waals surface area contributed by atoms with Crippen LogP contribution in [-0.4, -0.2) is 17.6 Å². The minimum Gasteiger partial charge on any atom is -0.445 e. The summed E-state index contributed by atoms with van der Waals surface area (Å²) in [7, 11) is 0. The second-order valence-corrected chi connectivity index (χ2v) is 4.86. The molecule has 2 N–H and O–H groups in total. The van der Waals surface area contributed by atoms with E-state index < -0.39 is 6.09 Å². The third kappa shape index (κ3) is 5.10. The molecule has 0 aliphatic carbocycles. The number of benzene rings is 1. The molecule has 1 aromatic carbocycles. The number of carbonyl (C=O) groups is 1. The number of H-pyrrole nitrogens is 1. The van der Waals surface area contributed by atoms with Crippen LogP contribution < -0.4 is 10.9 Å². The van der Waals surface area contributed by atoms with E-state index in [-0.39, 0.29) is 17.2 Å². The smallest absolute Gasteiger partial charge is 0.407 e. The van der Waals surface area contributed by atoms with Crippen molar-refractivity contribution < 1.29 is 9.53 Å². The molecule has 0 aliphatic rings. The van der Waals surface area contributed by atoms with Crippen molar-refractivity contribution in [1.29, 1.82) is 0 Å². The number of aromatic amines is 1. The first-order valence-electron chi connectivity index (χ1n) is 6.64. The van der Waals surface area contributed by atoms with Crippen LogP contribution in [0.3, 0.4) is 0 Å². The molecule has 0 spiro atoms. The van der Waals surface area contributed by atoms with Gasteiger partial charge in [-0.25, -0.2) is 4.79 Å². The van der Waals surface area contributed by atoms with Gasteiger partial charge in [0.15, 0.2) is 0 Å². The number of amides is 1. The van der Waals surface area contributed by atoms with Crippen LogP contribution in [0.1, 0.15) is 11.1 Å². The molecule has 0 saturated carbocycles. The van der Waals surface area contributed by atoms with E-state index in [0.29, 0.717) is 6.54 Å². The molecule has 22 heavy (non-hydrogen) atoms. The second-order valence-electron chi connectivity index (χ2n) is 4.46. The van der Waals surface area contributed by atoms with Crippen molar-refractivity contribution in [2.24, 2.45) is 0 Å². The fraction of sp³-hybridized carbons (Fsp3) is 0.125. The molecule has 1 aromatic heterocycles. The number of carbonyl (C=O) groups excluding carboxylic acids is 1. The van der Waals surface area contributed by atoms with Crippen molar-refractivity contribution in [1.82, 2.24) is 10.3 Å². The largest absolute Gasteiger partial charge is 0.445 e. The Hall–Kier alpha value is -2.53. The Morgan fingerprint density at radius 2 is 2.09 bits per heavy atom. The Morgan fingerprint density at radius 1 is 1.32 bits per heavy atom. The zero-order chi connectivity index (χ0) is 15.8. The fourth-order valence-electron chi connectivity index (χ4n) is 1.68. The van der Waals surface area contributed by atoms with Gasteiger partial charge in [-0.3, -0.25) is 4.79 Å². The number of halogens is 1. The van der Waals surface area contributed by atoms with Gasteiger partial charge in [0, 0.05) is 12.7 Å². The minimum atomic E-state index is -0.493. The monoisotopic (exact) mass is 318 g/mol. The lowest BCUT2D eigenvalue weighted by Crippen LogP contribution is -2.24. The predicted molar refractivity (Wildman–Crippen MR) is 85.7 cm³/mol. The molecule has 5 nitrogen and oxygen atoms in total. The Bertz CT molecular complexity index is 711. The van der Waals surface area contributed by atoms with Gasteiger partial charge in [-0.1, -0.05) is 54.1 Å². The summed E-state index contributed by atoms with van der Waals surface area (Å²) in [4.78, 5) is 25.1. The Balaban J connectivity index is 1.73. The lowest BCUT2D eigenvalue weighted by atomic mass is 10.2. The highest BCUT2D eigenvalue weighted by Gasteiger charge is 2.00. The molecule has 0 saturated heterocycles. The van der Waals surface area contributed by atoms with Crippen LogP contribution in [0.25, 0.3) is 6.08 Å². The summed E-state index contributed by atoms with van der Waals surface area (Å²) < 4.78 is 5.06. The van der Waals surface area contributed by atoms with E-state index in [1.54, 1.807) is 24.4 Å². The molecule has 1 heterocycles. The number of hydrogen-bond acceptors (Lipinski definition) is 3. The first kappa shape index (κ1) is 15.9. The lowest BCUT2D eigenvalue weighted by Gasteiger charge is -2.05. The highest BCUT2D eigenvalue weighted by molar-refractivity contribution is 6.30. The molecule has 0 unspecified atom stereocenters. The van der Waals surface area contributed by atoms with Crippen molar-refractivity contribution in [3.05, 3.63) is 75.2 Å². The third-order valence-corrected chi connectivity index (χ3v) is 3.05. The number of rotatable bonds is 5. The summed E-state index contributed by atoms with van der Waals surface area (Å²) in [6.45, 7) is 0.538. The van der Waals surface area contributed by atoms with Gasteiger partial charge in [0.2, 0.25) is 0 Å². The minimum absolute atomic E-state index is 0.123. The zero-order valence-electron chi connectivity index (χ0n) is 11.7. The predicted octanol–water partition coefficient (Wildman–Crippen LogP) is 2.97. The van der Waals surface area contributed by atoms with E-state index in [2.05, 4.69) is 10.3 Å². The van der Waals surface area contributed by atoms with Crippen molar-refractivity contribution in [2.45, 2.75) is 6.61 Å². The number of alkyl carbamates (subject to hydrolysis) is 1. The lowest BCUT2D eigenvalue weighted by molar-refractivity contribution is 0.141. The molecule has 114 valence electrons. The molecule has 0 fully saturated rings. The third-order valence-electron chi connectivity index (χ3n) is 2.77. The highest BCUT2D eigenvalue weighted by Crippen LogP contribution is 2.05. The molecule has 6 heteroatoms. The number of aromatic nitrogens is 1. The molecular formula is C16H15ClN2O3. The first-order chi connectivity index (χ1) is 10.6. The maximum absolute atomic E-state index is 11.5. The summed E-state index contributed by atoms with van der Waals surface area (Å²) in [5, 5.41) is 2.72. The SMILES string of the molecule is O=C(NCC=Cc1c[nH]c(=O)c(Cl)c1)OCc1ccccc1. The van der Waals surface area contributed by atoms with E-state index >= 15 is 0 Å². The summed E-state index contributed by atoms with van der Waals surface area (Å²) in [6, 6.07) is 11.0. The van der Waals surface area contributed by atoms with Crippen LogP contribution in [0.15, 0.2) is 53.5 Å². The van der Waals surface area contributed by atoms with Crippen LogP contribution >= 0.6 is 11.6 Å². The van der Waals surface area contributed by atoms with Crippen LogP contribution in [0, 0.1) is 0 Å². The molecule has 1 amide bonds. The first-order valence-corrected chi connectivity index (χ1v) is 7.02. The van der Waals surface area contributed by atoms with Gasteiger partial charge < -0.3 is 15.0 Å². The molecular weight excluding hydrogens is 304 g/mol. The Morgan fingerprint density at radius 3 is 2.82 bits per heavy atom. The van der Waals surface area contributed by atoms with Crippen molar-refractivity contribution >= 4 is 23.8 Å². The fourth-order valence-corrected chi connectivity index (χ4v) is 1.86. The van der Waals surface area contributed by atoms with Crippen LogP contribution in [0.5, 0.6) is 0 Å². The second kappa shape index (κ2) is 8.05. The maximum Gasteiger partial charge on any atom is 0.407 e. The molecule has 2 aromatic rings. The van der Waals surface area contributed by atoms with E-state index in [1.807, 2.05) is 30.3 Å². The van der Waals surface area contributed by atoms with Gasteiger partial charge in [0.25, 0.3) is 5.56 Å². The average Bonchev–Trinajstić information content (AvgIpc) is 2.54. The number of nitrogens with one attached hydrogen (secondary N) is 2. The molecule has 0 bridgehead atoms. The Kier molecular flexibility index (Phi) is 5.80. The molecule has 2 rings (SSSR count). The molecule has 0 atom stereocenters. The topological polar surface area (TPSA) is 71.2 Å². The van der Waals surface area contributed by atoms with Gasteiger partial charge in [-0.15, -0.1) is 0 Å². The van der Waals surface area contributed by atoms with Gasteiger partial charge in [-0.05, 0) is 17.2 Å². The maximum atomic E-state index is 11.5. The molecule has 0 radical (unpaired) electrons. The van der Waals surface area contributed by atoms with Crippen molar-refractivity contribution in [3.63, 3.8) is 0 Å².